The van der Waals surface area contributed by atoms with Crippen LogP contribution >= 0.6 is 0 Å². The number of allylic oxidation sites excluding steroid dienone is 1. The molecular weight excluding hydrogens is 296 g/mol. The summed E-state index contributed by atoms with van der Waals surface area (Å²) >= 11 is 0. The molecule has 0 atom stereocenters. The van der Waals surface area contributed by atoms with Crippen LogP contribution in [0.2, 0.25) is 0 Å². The molecule has 0 saturated heterocycles. The van der Waals surface area contributed by atoms with Crippen LogP contribution in [0.4, 0.5) is 0 Å². The van der Waals surface area contributed by atoms with Gasteiger partial charge in [-0.25, -0.2) is 0 Å². The van der Waals surface area contributed by atoms with E-state index in [0.29, 0.717) is 17.9 Å². The van der Waals surface area contributed by atoms with E-state index in [4.69, 9.17) is 4.74 Å². The van der Waals surface area contributed by atoms with Crippen molar-refractivity contribution >= 4 is 11.6 Å². The van der Waals surface area contributed by atoms with E-state index in [1.165, 1.54) is 0 Å². The van der Waals surface area contributed by atoms with Gasteiger partial charge in [0.1, 0.15) is 18.4 Å². The second-order valence-electron chi connectivity index (χ2n) is 5.20. The van der Waals surface area contributed by atoms with Gasteiger partial charge in [-0.2, -0.15) is 5.26 Å². The van der Waals surface area contributed by atoms with E-state index in [2.05, 4.69) is 11.1 Å². The van der Waals surface area contributed by atoms with Gasteiger partial charge in [0.25, 0.3) is 0 Å². The molecule has 0 spiro atoms. The van der Waals surface area contributed by atoms with Crippen molar-refractivity contribution in [2.24, 2.45) is 0 Å². The SMILES string of the molecule is N#C/C(=C\c1ccccc1OCc1ccccc1)c1ccccn1. The zero-order valence-electron chi connectivity index (χ0n) is 13.1. The summed E-state index contributed by atoms with van der Waals surface area (Å²) in [5.41, 5.74) is 3.11. The highest BCUT2D eigenvalue weighted by Gasteiger charge is 2.06. The van der Waals surface area contributed by atoms with E-state index in [1.807, 2.05) is 78.9 Å². The van der Waals surface area contributed by atoms with Crippen molar-refractivity contribution in [2.45, 2.75) is 6.61 Å². The summed E-state index contributed by atoms with van der Waals surface area (Å²) < 4.78 is 5.93. The Bertz CT molecular complexity index is 865. The summed E-state index contributed by atoms with van der Waals surface area (Å²) in [5.74, 6) is 0.741. The lowest BCUT2D eigenvalue weighted by molar-refractivity contribution is 0.305. The summed E-state index contributed by atoms with van der Waals surface area (Å²) in [5, 5.41) is 9.44. The lowest BCUT2D eigenvalue weighted by Crippen LogP contribution is -1.97. The minimum absolute atomic E-state index is 0.483. The molecule has 0 aliphatic heterocycles. The van der Waals surface area contributed by atoms with Crippen LogP contribution in [0.5, 0.6) is 5.75 Å². The predicted molar refractivity (Wildman–Crippen MR) is 94.9 cm³/mol. The number of hydrogen-bond donors (Lipinski definition) is 0. The highest BCUT2D eigenvalue weighted by molar-refractivity contribution is 5.89. The Balaban J connectivity index is 1.86. The van der Waals surface area contributed by atoms with Crippen molar-refractivity contribution in [1.82, 2.24) is 4.98 Å². The van der Waals surface area contributed by atoms with Crippen molar-refractivity contribution in [3.8, 4) is 11.8 Å². The fraction of sp³-hybridized carbons (Fsp3) is 0.0476. The molecular formula is C21H16N2O. The topological polar surface area (TPSA) is 45.9 Å². The van der Waals surface area contributed by atoms with E-state index in [0.717, 1.165) is 16.9 Å². The zero-order valence-corrected chi connectivity index (χ0v) is 13.1. The molecule has 3 heteroatoms. The van der Waals surface area contributed by atoms with Crippen molar-refractivity contribution in [2.75, 3.05) is 0 Å². The van der Waals surface area contributed by atoms with Crippen LogP contribution in [0, 0.1) is 11.3 Å². The lowest BCUT2D eigenvalue weighted by Gasteiger charge is -2.09. The van der Waals surface area contributed by atoms with Crippen LogP contribution in [0.3, 0.4) is 0 Å². The molecule has 0 aliphatic rings. The van der Waals surface area contributed by atoms with Gasteiger partial charge in [0.05, 0.1) is 11.3 Å². The molecule has 1 aromatic heterocycles. The van der Waals surface area contributed by atoms with Crippen LogP contribution < -0.4 is 4.74 Å². The lowest BCUT2D eigenvalue weighted by atomic mass is 10.1. The summed E-state index contributed by atoms with van der Waals surface area (Å²) in [6, 6.07) is 25.4. The minimum Gasteiger partial charge on any atom is -0.488 e. The molecule has 2 aromatic carbocycles. The van der Waals surface area contributed by atoms with Crippen LogP contribution in [0.25, 0.3) is 11.6 Å². The quantitative estimate of drug-likeness (QED) is 0.640. The van der Waals surface area contributed by atoms with Gasteiger partial charge in [0.15, 0.2) is 0 Å². The van der Waals surface area contributed by atoms with Crippen LogP contribution in [-0.4, -0.2) is 4.98 Å². The Labute approximate surface area is 141 Å². The smallest absolute Gasteiger partial charge is 0.127 e. The molecule has 0 N–H and O–H groups in total. The van der Waals surface area contributed by atoms with Crippen LogP contribution in [0.15, 0.2) is 79.0 Å². The zero-order chi connectivity index (χ0) is 16.6. The van der Waals surface area contributed by atoms with E-state index >= 15 is 0 Å². The number of ether oxygens (including phenoxy) is 1. The van der Waals surface area contributed by atoms with Gasteiger partial charge in [-0.3, -0.25) is 4.98 Å². The number of pyridine rings is 1. The molecule has 3 aromatic rings. The first-order valence-corrected chi connectivity index (χ1v) is 7.66. The third kappa shape index (κ3) is 3.88. The fourth-order valence-electron chi connectivity index (χ4n) is 2.31. The minimum atomic E-state index is 0.483. The average molecular weight is 312 g/mol. The highest BCUT2D eigenvalue weighted by Crippen LogP contribution is 2.24. The van der Waals surface area contributed by atoms with Crippen molar-refractivity contribution in [3.63, 3.8) is 0 Å². The van der Waals surface area contributed by atoms with E-state index in [1.54, 1.807) is 6.20 Å². The Kier molecular flexibility index (Phi) is 5.01. The molecule has 3 rings (SSSR count). The summed E-state index contributed by atoms with van der Waals surface area (Å²) in [4.78, 5) is 4.24. The Morgan fingerprint density at radius 1 is 0.958 bits per heavy atom. The molecule has 1 heterocycles. The number of nitriles is 1. The number of aromatic nitrogens is 1. The maximum Gasteiger partial charge on any atom is 0.127 e. The highest BCUT2D eigenvalue weighted by atomic mass is 16.5. The third-order valence-electron chi connectivity index (χ3n) is 3.52. The molecule has 0 saturated carbocycles. The van der Waals surface area contributed by atoms with E-state index in [9.17, 15) is 5.26 Å². The summed E-state index contributed by atoms with van der Waals surface area (Å²) in [6.45, 7) is 0.483. The van der Waals surface area contributed by atoms with E-state index < -0.39 is 0 Å². The Morgan fingerprint density at radius 2 is 1.71 bits per heavy atom. The van der Waals surface area contributed by atoms with Crippen molar-refractivity contribution in [1.29, 1.82) is 5.26 Å². The van der Waals surface area contributed by atoms with Gasteiger partial charge in [0.2, 0.25) is 0 Å². The van der Waals surface area contributed by atoms with Gasteiger partial charge in [-0.15, -0.1) is 0 Å². The third-order valence-corrected chi connectivity index (χ3v) is 3.52. The average Bonchev–Trinajstić information content (AvgIpc) is 2.66. The molecule has 3 nitrogen and oxygen atoms in total. The standard InChI is InChI=1S/C21H16N2O/c22-15-19(20-11-6-7-13-23-20)14-18-10-4-5-12-21(18)24-16-17-8-2-1-3-9-17/h1-14H,16H2/b19-14+. The second-order valence-corrected chi connectivity index (χ2v) is 5.20. The Morgan fingerprint density at radius 3 is 2.46 bits per heavy atom. The number of rotatable bonds is 5. The first-order valence-electron chi connectivity index (χ1n) is 7.66. The predicted octanol–water partition coefficient (Wildman–Crippen LogP) is 4.72. The maximum absolute atomic E-state index is 9.44. The number of benzene rings is 2. The molecule has 0 unspecified atom stereocenters. The van der Waals surface area contributed by atoms with Crippen LogP contribution in [-0.2, 0) is 6.61 Å². The normalized spacial score (nSPS) is 10.9. The Hall–Kier alpha value is -3.38. The van der Waals surface area contributed by atoms with Gasteiger partial charge in [-0.05, 0) is 29.8 Å². The number of hydrogen-bond acceptors (Lipinski definition) is 3. The summed E-state index contributed by atoms with van der Waals surface area (Å²) in [7, 11) is 0. The molecule has 24 heavy (non-hydrogen) atoms. The van der Waals surface area contributed by atoms with Crippen LogP contribution in [0.1, 0.15) is 16.8 Å². The first-order chi connectivity index (χ1) is 11.9. The number of para-hydroxylation sites is 1. The molecule has 0 fully saturated rings. The maximum atomic E-state index is 9.44. The molecule has 0 radical (unpaired) electrons. The van der Waals surface area contributed by atoms with E-state index in [-0.39, 0.29) is 0 Å². The van der Waals surface area contributed by atoms with Gasteiger partial charge < -0.3 is 4.74 Å². The number of nitrogens with zero attached hydrogens (tertiary/aromatic N) is 2. The molecule has 0 bridgehead atoms. The second kappa shape index (κ2) is 7.75. The van der Waals surface area contributed by atoms with Gasteiger partial charge in [0, 0.05) is 11.8 Å². The van der Waals surface area contributed by atoms with Crippen molar-refractivity contribution in [3.05, 3.63) is 95.8 Å². The molecule has 116 valence electrons. The van der Waals surface area contributed by atoms with Gasteiger partial charge >= 0.3 is 0 Å². The molecule has 0 aliphatic carbocycles. The summed E-state index contributed by atoms with van der Waals surface area (Å²) in [6.07, 6.45) is 3.49. The first kappa shape index (κ1) is 15.5. The largest absolute Gasteiger partial charge is 0.488 e. The molecule has 0 amide bonds. The van der Waals surface area contributed by atoms with Crippen molar-refractivity contribution < 1.29 is 4.74 Å². The monoisotopic (exact) mass is 312 g/mol. The van der Waals surface area contributed by atoms with Gasteiger partial charge in [-0.1, -0.05) is 54.6 Å². The fourth-order valence-corrected chi connectivity index (χ4v) is 2.31.